The molecule has 1 N–H and O–H groups in total. The largest absolute Gasteiger partial charge is 0.338 e. The van der Waals surface area contributed by atoms with Crippen molar-refractivity contribution in [2.75, 3.05) is 0 Å². The molecule has 0 unspecified atom stereocenters. The Balaban J connectivity index is 2.26. The van der Waals surface area contributed by atoms with E-state index in [9.17, 15) is 0 Å². The van der Waals surface area contributed by atoms with Crippen molar-refractivity contribution in [3.8, 4) is 11.4 Å². The zero-order valence-corrected chi connectivity index (χ0v) is 12.0. The van der Waals surface area contributed by atoms with Crippen molar-refractivity contribution in [1.82, 2.24) is 9.97 Å². The van der Waals surface area contributed by atoms with Gasteiger partial charge in [-0.2, -0.15) is 0 Å². The molecule has 0 radical (unpaired) electrons. The fraction of sp³-hybridized carbons (Fsp3) is 0.0714. The number of hydrogen-bond acceptors (Lipinski definition) is 1. The van der Waals surface area contributed by atoms with Gasteiger partial charge in [0.05, 0.1) is 5.52 Å². The average molecular weight is 322 g/mol. The molecule has 0 saturated heterocycles. The summed E-state index contributed by atoms with van der Waals surface area (Å²) in [6, 6.07) is 11.9. The topological polar surface area (TPSA) is 28.7 Å². The van der Waals surface area contributed by atoms with Crippen LogP contribution in [0, 0.1) is 6.92 Å². The summed E-state index contributed by atoms with van der Waals surface area (Å²) in [5.74, 6) is 0.867. The van der Waals surface area contributed by atoms with E-state index in [1.165, 1.54) is 5.56 Å². The molecule has 4 heteroatoms. The van der Waals surface area contributed by atoms with Gasteiger partial charge in [-0.3, -0.25) is 0 Å². The number of aryl methyl sites for hydroxylation is 1. The maximum absolute atomic E-state index is 6.03. The van der Waals surface area contributed by atoms with Gasteiger partial charge < -0.3 is 4.98 Å². The fourth-order valence-corrected chi connectivity index (χ4v) is 2.91. The van der Waals surface area contributed by atoms with Crippen LogP contribution in [0.25, 0.3) is 22.4 Å². The second-order valence-electron chi connectivity index (χ2n) is 4.18. The van der Waals surface area contributed by atoms with Gasteiger partial charge >= 0.3 is 0 Å². The zero-order chi connectivity index (χ0) is 12.7. The molecule has 0 spiro atoms. The molecule has 0 aliphatic carbocycles. The van der Waals surface area contributed by atoms with Crippen LogP contribution in [0.15, 0.2) is 40.9 Å². The third-order valence-electron chi connectivity index (χ3n) is 2.91. The summed E-state index contributed by atoms with van der Waals surface area (Å²) >= 11 is 9.52. The Morgan fingerprint density at radius 1 is 1.22 bits per heavy atom. The van der Waals surface area contributed by atoms with Crippen molar-refractivity contribution in [3.05, 3.63) is 51.5 Å². The number of rotatable bonds is 1. The van der Waals surface area contributed by atoms with Gasteiger partial charge in [-0.15, -0.1) is 0 Å². The molecule has 0 amide bonds. The summed E-state index contributed by atoms with van der Waals surface area (Å²) in [7, 11) is 0. The Kier molecular flexibility index (Phi) is 2.88. The molecule has 0 fully saturated rings. The number of halogens is 2. The molecule has 18 heavy (non-hydrogen) atoms. The van der Waals surface area contributed by atoms with Crippen LogP contribution in [0.5, 0.6) is 0 Å². The van der Waals surface area contributed by atoms with Gasteiger partial charge in [-0.25, -0.2) is 4.98 Å². The van der Waals surface area contributed by atoms with Crippen LogP contribution >= 0.6 is 27.5 Å². The van der Waals surface area contributed by atoms with Crippen molar-refractivity contribution in [2.24, 2.45) is 0 Å². The van der Waals surface area contributed by atoms with E-state index >= 15 is 0 Å². The molecular formula is C14H10BrClN2. The standard InChI is InChI=1S/C14H10BrClN2/c1-8-4-2-3-5-10(8)14-17-12-7-9(16)6-11(15)13(12)18-14/h2-7H,1H3,(H,17,18). The lowest BCUT2D eigenvalue weighted by Crippen LogP contribution is -1.83. The lowest BCUT2D eigenvalue weighted by atomic mass is 10.1. The first-order valence-electron chi connectivity index (χ1n) is 5.56. The molecule has 1 heterocycles. The van der Waals surface area contributed by atoms with Gasteiger partial charge in [-0.05, 0) is 40.5 Å². The lowest BCUT2D eigenvalue weighted by Gasteiger charge is -2.00. The maximum atomic E-state index is 6.03. The summed E-state index contributed by atoms with van der Waals surface area (Å²) < 4.78 is 0.904. The number of aromatic nitrogens is 2. The smallest absolute Gasteiger partial charge is 0.138 e. The summed E-state index contributed by atoms with van der Waals surface area (Å²) in [4.78, 5) is 7.93. The molecule has 3 rings (SSSR count). The van der Waals surface area contributed by atoms with E-state index in [1.54, 1.807) is 0 Å². The zero-order valence-electron chi connectivity index (χ0n) is 9.67. The van der Waals surface area contributed by atoms with Crippen LogP contribution in [-0.4, -0.2) is 9.97 Å². The van der Waals surface area contributed by atoms with Crippen LogP contribution < -0.4 is 0 Å². The van der Waals surface area contributed by atoms with Crippen LogP contribution in [-0.2, 0) is 0 Å². The van der Waals surface area contributed by atoms with Crippen molar-refractivity contribution in [1.29, 1.82) is 0 Å². The second kappa shape index (κ2) is 4.41. The number of imidazole rings is 1. The Bertz CT molecular complexity index is 734. The Morgan fingerprint density at radius 3 is 2.78 bits per heavy atom. The molecule has 0 atom stereocenters. The van der Waals surface area contributed by atoms with Crippen molar-refractivity contribution >= 4 is 38.6 Å². The minimum Gasteiger partial charge on any atom is -0.338 e. The number of H-pyrrole nitrogens is 1. The summed E-state index contributed by atoms with van der Waals surface area (Å²) in [6.45, 7) is 2.07. The number of nitrogens with zero attached hydrogens (tertiary/aromatic N) is 1. The molecular weight excluding hydrogens is 312 g/mol. The quantitative estimate of drug-likeness (QED) is 0.674. The van der Waals surface area contributed by atoms with Gasteiger partial charge in [0.2, 0.25) is 0 Å². The van der Waals surface area contributed by atoms with E-state index < -0.39 is 0 Å². The van der Waals surface area contributed by atoms with E-state index in [-0.39, 0.29) is 0 Å². The first-order valence-corrected chi connectivity index (χ1v) is 6.73. The van der Waals surface area contributed by atoms with Crippen molar-refractivity contribution in [3.63, 3.8) is 0 Å². The Morgan fingerprint density at radius 2 is 2.00 bits per heavy atom. The van der Waals surface area contributed by atoms with Crippen LogP contribution in [0.4, 0.5) is 0 Å². The first-order chi connectivity index (χ1) is 8.65. The minimum atomic E-state index is 0.689. The highest BCUT2D eigenvalue weighted by molar-refractivity contribution is 9.10. The number of benzene rings is 2. The second-order valence-corrected chi connectivity index (χ2v) is 5.47. The van der Waals surface area contributed by atoms with Gasteiger partial charge in [-0.1, -0.05) is 35.9 Å². The number of fused-ring (bicyclic) bond motifs is 1. The number of hydrogen-bond donors (Lipinski definition) is 1. The molecule has 0 bridgehead atoms. The molecule has 0 saturated carbocycles. The van der Waals surface area contributed by atoms with Crippen molar-refractivity contribution < 1.29 is 0 Å². The van der Waals surface area contributed by atoms with Crippen LogP contribution in [0.2, 0.25) is 5.02 Å². The highest BCUT2D eigenvalue weighted by Crippen LogP contribution is 2.30. The van der Waals surface area contributed by atoms with Crippen LogP contribution in [0.1, 0.15) is 5.56 Å². The predicted octanol–water partition coefficient (Wildman–Crippen LogP) is 4.95. The monoisotopic (exact) mass is 320 g/mol. The van der Waals surface area contributed by atoms with E-state index in [2.05, 4.69) is 45.0 Å². The molecule has 2 nitrogen and oxygen atoms in total. The third kappa shape index (κ3) is 1.93. The van der Waals surface area contributed by atoms with Gasteiger partial charge in [0.25, 0.3) is 0 Å². The maximum Gasteiger partial charge on any atom is 0.138 e. The summed E-state index contributed by atoms with van der Waals surface area (Å²) in [5.41, 5.74) is 4.14. The Hall–Kier alpha value is -1.32. The van der Waals surface area contributed by atoms with Crippen molar-refractivity contribution in [2.45, 2.75) is 6.92 Å². The summed E-state index contributed by atoms with van der Waals surface area (Å²) in [5, 5.41) is 0.689. The molecule has 0 aliphatic heterocycles. The molecule has 3 aromatic rings. The van der Waals surface area contributed by atoms with Gasteiger partial charge in [0.1, 0.15) is 11.3 Å². The van der Waals surface area contributed by atoms with E-state index in [4.69, 9.17) is 11.6 Å². The molecule has 90 valence electrons. The molecule has 0 aliphatic rings. The lowest BCUT2D eigenvalue weighted by molar-refractivity contribution is 1.31. The van der Waals surface area contributed by atoms with Gasteiger partial charge in [0, 0.05) is 15.1 Å². The third-order valence-corrected chi connectivity index (χ3v) is 3.73. The first kappa shape index (κ1) is 11.8. The fourth-order valence-electron chi connectivity index (χ4n) is 2.01. The number of nitrogens with one attached hydrogen (secondary N) is 1. The average Bonchev–Trinajstić information content (AvgIpc) is 2.73. The SMILES string of the molecule is Cc1ccccc1-c1nc2c(Br)cc(Cl)cc2[nH]1. The molecule has 1 aromatic heterocycles. The Labute approximate surface area is 118 Å². The number of aromatic amines is 1. The van der Waals surface area contributed by atoms with Gasteiger partial charge in [0.15, 0.2) is 0 Å². The highest BCUT2D eigenvalue weighted by Gasteiger charge is 2.10. The predicted molar refractivity (Wildman–Crippen MR) is 79.0 cm³/mol. The normalized spacial score (nSPS) is 11.1. The highest BCUT2D eigenvalue weighted by atomic mass is 79.9. The minimum absolute atomic E-state index is 0.689. The van der Waals surface area contributed by atoms with E-state index in [1.807, 2.05) is 24.3 Å². The molecule has 2 aromatic carbocycles. The summed E-state index contributed by atoms with van der Waals surface area (Å²) in [6.07, 6.45) is 0. The van der Waals surface area contributed by atoms with Crippen LogP contribution in [0.3, 0.4) is 0 Å². The van der Waals surface area contributed by atoms with E-state index in [0.29, 0.717) is 5.02 Å². The van der Waals surface area contributed by atoms with E-state index in [0.717, 1.165) is 26.9 Å².